The van der Waals surface area contributed by atoms with Gasteiger partial charge in [0, 0.05) is 9.86 Å². The van der Waals surface area contributed by atoms with Gasteiger partial charge in [-0.15, -0.1) is 0 Å². The lowest BCUT2D eigenvalue weighted by molar-refractivity contribution is 0.481. The van der Waals surface area contributed by atoms with Gasteiger partial charge in [0.15, 0.2) is 0 Å². The van der Waals surface area contributed by atoms with Gasteiger partial charge in [0.25, 0.3) is 0 Å². The second-order valence-electron chi connectivity index (χ2n) is 2.40. The van der Waals surface area contributed by atoms with Gasteiger partial charge in [0.2, 0.25) is 0 Å². The number of hydrogen-bond donors (Lipinski definition) is 0. The zero-order valence-corrected chi connectivity index (χ0v) is 8.45. The second-order valence-corrected chi connectivity index (χ2v) is 4.12. The molecule has 0 aliphatic carbocycles. The summed E-state index contributed by atoms with van der Waals surface area (Å²) in [5.74, 6) is 0. The third-order valence-electron chi connectivity index (χ3n) is 1.63. The van der Waals surface area contributed by atoms with Crippen LogP contribution in [-0.2, 0) is 6.67 Å². The molecule has 1 aromatic heterocycles. The highest BCUT2D eigenvalue weighted by atomic mass is 79.9. The van der Waals surface area contributed by atoms with Gasteiger partial charge >= 0.3 is 0 Å². The third-order valence-corrected chi connectivity index (χ3v) is 2.99. The molecule has 12 heavy (non-hydrogen) atoms. The monoisotopic (exact) mass is 245 g/mol. The molecule has 0 unspecified atom stereocenters. The van der Waals surface area contributed by atoms with E-state index in [0.717, 1.165) is 14.6 Å². The maximum absolute atomic E-state index is 12.3. The van der Waals surface area contributed by atoms with Gasteiger partial charge in [-0.3, -0.25) is 0 Å². The summed E-state index contributed by atoms with van der Waals surface area (Å²) < 4.78 is 18.3. The highest BCUT2D eigenvalue weighted by Crippen LogP contribution is 2.26. The van der Waals surface area contributed by atoms with Gasteiger partial charge in [-0.05, 0) is 29.7 Å². The van der Waals surface area contributed by atoms with Crippen LogP contribution in [0, 0.1) is 0 Å². The van der Waals surface area contributed by atoms with Gasteiger partial charge < -0.3 is 0 Å². The molecule has 2 aromatic rings. The molecule has 2 rings (SSSR count). The smallest absolute Gasteiger partial charge is 0.133 e. The summed E-state index contributed by atoms with van der Waals surface area (Å²) in [7, 11) is 0. The SMILES string of the molecule is FCc1nsc2ccc(Br)cc12. The lowest BCUT2D eigenvalue weighted by Gasteiger charge is -1.91. The Labute approximate surface area is 81.5 Å². The van der Waals surface area contributed by atoms with Crippen molar-refractivity contribution in [3.05, 3.63) is 28.4 Å². The minimum atomic E-state index is -0.490. The van der Waals surface area contributed by atoms with Crippen LogP contribution in [0.15, 0.2) is 22.7 Å². The predicted octanol–water partition coefficient (Wildman–Crippen LogP) is 3.53. The van der Waals surface area contributed by atoms with Crippen molar-refractivity contribution in [3.8, 4) is 0 Å². The minimum Gasteiger partial charge on any atom is -0.244 e. The number of halogens is 2. The molecule has 1 nitrogen and oxygen atoms in total. The molecule has 0 bridgehead atoms. The number of aromatic nitrogens is 1. The number of alkyl halides is 1. The van der Waals surface area contributed by atoms with E-state index in [0.29, 0.717) is 5.69 Å². The number of rotatable bonds is 1. The summed E-state index contributed by atoms with van der Waals surface area (Å²) in [6.07, 6.45) is 0. The van der Waals surface area contributed by atoms with Gasteiger partial charge in [0.05, 0.1) is 10.4 Å². The highest BCUT2D eigenvalue weighted by Gasteiger charge is 2.04. The molecule has 0 N–H and O–H groups in total. The van der Waals surface area contributed by atoms with Crippen LogP contribution in [0.3, 0.4) is 0 Å². The first-order valence-electron chi connectivity index (χ1n) is 3.41. The molecule has 0 atom stereocenters. The van der Waals surface area contributed by atoms with E-state index in [4.69, 9.17) is 0 Å². The van der Waals surface area contributed by atoms with Crippen LogP contribution in [0.1, 0.15) is 5.69 Å². The number of benzene rings is 1. The van der Waals surface area contributed by atoms with Crippen LogP contribution in [-0.4, -0.2) is 4.37 Å². The maximum atomic E-state index is 12.3. The van der Waals surface area contributed by atoms with Crippen molar-refractivity contribution in [1.82, 2.24) is 4.37 Å². The van der Waals surface area contributed by atoms with E-state index >= 15 is 0 Å². The molecule has 0 spiro atoms. The molecule has 62 valence electrons. The summed E-state index contributed by atoms with van der Waals surface area (Å²) in [5.41, 5.74) is 0.538. The molecule has 4 heteroatoms. The fourth-order valence-electron chi connectivity index (χ4n) is 1.06. The first kappa shape index (κ1) is 8.13. The molecule has 0 fully saturated rings. The number of fused-ring (bicyclic) bond motifs is 1. The van der Waals surface area contributed by atoms with E-state index in [-0.39, 0.29) is 0 Å². The largest absolute Gasteiger partial charge is 0.244 e. The zero-order chi connectivity index (χ0) is 8.55. The number of hydrogen-bond acceptors (Lipinski definition) is 2. The first-order chi connectivity index (χ1) is 5.81. The Kier molecular flexibility index (Phi) is 2.11. The van der Waals surface area contributed by atoms with Crippen LogP contribution in [0.5, 0.6) is 0 Å². The fourth-order valence-corrected chi connectivity index (χ4v) is 2.18. The Hall–Kier alpha value is -0.480. The van der Waals surface area contributed by atoms with E-state index in [1.54, 1.807) is 0 Å². The molecule has 1 aromatic carbocycles. The quantitative estimate of drug-likeness (QED) is 0.750. The van der Waals surface area contributed by atoms with Gasteiger partial charge in [-0.25, -0.2) is 4.39 Å². The predicted molar refractivity (Wildman–Crippen MR) is 52.1 cm³/mol. The molecule has 0 aliphatic heterocycles. The topological polar surface area (TPSA) is 12.9 Å². The molecule has 0 saturated heterocycles. The van der Waals surface area contributed by atoms with Crippen molar-refractivity contribution >= 4 is 37.5 Å². The standard InChI is InChI=1S/C8H5BrFNS/c9-5-1-2-8-6(3-5)7(4-10)11-12-8/h1-3H,4H2. The van der Waals surface area contributed by atoms with E-state index in [1.807, 2.05) is 18.2 Å². The lowest BCUT2D eigenvalue weighted by Crippen LogP contribution is -1.76. The van der Waals surface area contributed by atoms with E-state index in [1.165, 1.54) is 11.5 Å². The van der Waals surface area contributed by atoms with E-state index < -0.39 is 6.67 Å². The fraction of sp³-hybridized carbons (Fsp3) is 0.125. The van der Waals surface area contributed by atoms with Crippen molar-refractivity contribution in [3.63, 3.8) is 0 Å². The molecule has 0 amide bonds. The normalized spacial score (nSPS) is 10.8. The maximum Gasteiger partial charge on any atom is 0.133 e. The summed E-state index contributed by atoms with van der Waals surface area (Å²) >= 11 is 4.67. The molecular formula is C8H5BrFNS. The summed E-state index contributed by atoms with van der Waals surface area (Å²) in [6, 6.07) is 5.77. The van der Waals surface area contributed by atoms with Crippen molar-refractivity contribution in [2.24, 2.45) is 0 Å². The Balaban J connectivity index is 2.75. The molecule has 0 aliphatic rings. The second kappa shape index (κ2) is 3.11. The Morgan fingerprint density at radius 1 is 1.50 bits per heavy atom. The minimum absolute atomic E-state index is 0.490. The van der Waals surface area contributed by atoms with Gasteiger partial charge in [-0.1, -0.05) is 15.9 Å². The van der Waals surface area contributed by atoms with Crippen molar-refractivity contribution in [2.75, 3.05) is 0 Å². The average Bonchev–Trinajstić information content (AvgIpc) is 2.46. The third kappa shape index (κ3) is 1.25. The molecular weight excluding hydrogens is 241 g/mol. The van der Waals surface area contributed by atoms with Crippen molar-refractivity contribution < 1.29 is 4.39 Å². The first-order valence-corrected chi connectivity index (χ1v) is 4.97. The van der Waals surface area contributed by atoms with Crippen molar-refractivity contribution in [1.29, 1.82) is 0 Å². The van der Waals surface area contributed by atoms with Crippen LogP contribution >= 0.6 is 27.5 Å². The van der Waals surface area contributed by atoms with E-state index in [2.05, 4.69) is 20.3 Å². The lowest BCUT2D eigenvalue weighted by atomic mass is 10.2. The molecule has 0 saturated carbocycles. The summed E-state index contributed by atoms with van der Waals surface area (Å²) in [6.45, 7) is -0.490. The van der Waals surface area contributed by atoms with Crippen molar-refractivity contribution in [2.45, 2.75) is 6.67 Å². The molecule has 1 heterocycles. The van der Waals surface area contributed by atoms with Crippen LogP contribution < -0.4 is 0 Å². The van der Waals surface area contributed by atoms with Crippen LogP contribution in [0.2, 0.25) is 0 Å². The Morgan fingerprint density at radius 3 is 3.08 bits per heavy atom. The Bertz CT molecular complexity index is 412. The van der Waals surface area contributed by atoms with E-state index in [9.17, 15) is 4.39 Å². The van der Waals surface area contributed by atoms with Gasteiger partial charge in [-0.2, -0.15) is 4.37 Å². The van der Waals surface area contributed by atoms with Gasteiger partial charge in [0.1, 0.15) is 6.67 Å². The summed E-state index contributed by atoms with van der Waals surface area (Å²) in [4.78, 5) is 0. The average molecular weight is 246 g/mol. The Morgan fingerprint density at radius 2 is 2.33 bits per heavy atom. The van der Waals surface area contributed by atoms with Crippen LogP contribution in [0.4, 0.5) is 4.39 Å². The highest BCUT2D eigenvalue weighted by molar-refractivity contribution is 9.10. The zero-order valence-electron chi connectivity index (χ0n) is 6.05. The number of nitrogens with zero attached hydrogens (tertiary/aromatic N) is 1. The molecule has 0 radical (unpaired) electrons. The van der Waals surface area contributed by atoms with Crippen LogP contribution in [0.25, 0.3) is 10.1 Å². The summed E-state index contributed by atoms with van der Waals surface area (Å²) in [5, 5.41) is 0.914.